The fourth-order valence-electron chi connectivity index (χ4n) is 5.00. The molecular formula is C33H37FN6O6. The predicted molar refractivity (Wildman–Crippen MR) is 166 cm³/mol. The quantitative estimate of drug-likeness (QED) is 0.400. The maximum Gasteiger partial charge on any atom is 0.270 e. The molecule has 3 aromatic rings. The molecule has 3 heterocycles. The van der Waals surface area contributed by atoms with Crippen molar-refractivity contribution < 1.29 is 33.0 Å². The summed E-state index contributed by atoms with van der Waals surface area (Å²) in [6, 6.07) is 11.5. The Morgan fingerprint density at radius 1 is 1.09 bits per heavy atom. The average Bonchev–Trinajstić information content (AvgIpc) is 3.44. The lowest BCUT2D eigenvalue weighted by Gasteiger charge is -2.23. The molecule has 2 aliphatic rings. The van der Waals surface area contributed by atoms with Gasteiger partial charge < -0.3 is 34.9 Å². The molecule has 0 saturated heterocycles. The van der Waals surface area contributed by atoms with Gasteiger partial charge in [-0.15, -0.1) is 0 Å². The lowest BCUT2D eigenvalue weighted by Crippen LogP contribution is -2.46. The predicted octanol–water partition coefficient (Wildman–Crippen LogP) is 3.40. The maximum absolute atomic E-state index is 15.0. The van der Waals surface area contributed by atoms with Crippen LogP contribution in [0.5, 0.6) is 17.2 Å². The van der Waals surface area contributed by atoms with Crippen LogP contribution in [0.3, 0.4) is 0 Å². The van der Waals surface area contributed by atoms with Gasteiger partial charge in [-0.2, -0.15) is 5.26 Å². The first-order valence-electron chi connectivity index (χ1n) is 15.0. The second kappa shape index (κ2) is 15.6. The molecule has 0 aliphatic carbocycles. The van der Waals surface area contributed by atoms with E-state index in [9.17, 15) is 24.4 Å². The van der Waals surface area contributed by atoms with Gasteiger partial charge >= 0.3 is 0 Å². The number of rotatable bonds is 3. The Kier molecular flexibility index (Phi) is 11.3. The van der Waals surface area contributed by atoms with Crippen molar-refractivity contribution >= 4 is 23.6 Å². The second-order valence-electron chi connectivity index (χ2n) is 10.8. The number of nitriles is 1. The Hall–Kier alpha value is -5.38. The van der Waals surface area contributed by atoms with Gasteiger partial charge in [0, 0.05) is 51.4 Å². The Balaban J connectivity index is 1.58. The number of hydrogen-bond donors (Lipinski definition) is 3. The van der Waals surface area contributed by atoms with Gasteiger partial charge in [0.25, 0.3) is 11.8 Å². The van der Waals surface area contributed by atoms with Crippen LogP contribution in [-0.4, -0.2) is 65.9 Å². The first kappa shape index (κ1) is 33.5. The zero-order valence-electron chi connectivity index (χ0n) is 26.0. The number of carbonyl (C=O) groups excluding carboxylic acids is 4. The highest BCUT2D eigenvalue weighted by Crippen LogP contribution is 2.34. The number of carbonyl (C=O) groups is 4. The van der Waals surface area contributed by atoms with E-state index in [0.717, 1.165) is 0 Å². The Bertz CT molecular complexity index is 1650. The van der Waals surface area contributed by atoms with Crippen LogP contribution in [0, 0.1) is 17.1 Å². The van der Waals surface area contributed by atoms with Crippen molar-refractivity contribution in [2.75, 3.05) is 26.7 Å². The van der Waals surface area contributed by atoms with Crippen molar-refractivity contribution in [1.29, 1.82) is 5.26 Å². The van der Waals surface area contributed by atoms with Crippen LogP contribution < -0.4 is 25.4 Å². The van der Waals surface area contributed by atoms with Crippen LogP contribution >= 0.6 is 0 Å². The number of halogens is 1. The lowest BCUT2D eigenvalue weighted by molar-refractivity contribution is -0.129. The molecule has 0 fully saturated rings. The Morgan fingerprint density at radius 3 is 2.57 bits per heavy atom. The van der Waals surface area contributed by atoms with Crippen molar-refractivity contribution in [1.82, 2.24) is 25.4 Å². The third-order valence-corrected chi connectivity index (χ3v) is 7.53. The fourth-order valence-corrected chi connectivity index (χ4v) is 5.00. The molecule has 242 valence electrons. The van der Waals surface area contributed by atoms with Gasteiger partial charge in [0.05, 0.1) is 12.7 Å². The molecule has 1 atom stereocenters. The smallest absolute Gasteiger partial charge is 0.270 e. The van der Waals surface area contributed by atoms with Gasteiger partial charge in [-0.3, -0.25) is 19.2 Å². The molecule has 46 heavy (non-hydrogen) atoms. The number of fused-ring (bicyclic) bond motifs is 16. The van der Waals surface area contributed by atoms with E-state index >= 15 is 4.39 Å². The molecule has 12 nitrogen and oxygen atoms in total. The summed E-state index contributed by atoms with van der Waals surface area (Å²) in [5, 5.41) is 17.6. The van der Waals surface area contributed by atoms with Crippen molar-refractivity contribution in [3.63, 3.8) is 0 Å². The fraction of sp³-hybridized carbons (Fsp3) is 0.364. The zero-order chi connectivity index (χ0) is 33.2. The largest absolute Gasteiger partial charge is 0.493 e. The van der Waals surface area contributed by atoms with Gasteiger partial charge in [-0.1, -0.05) is 13.0 Å². The molecular weight excluding hydrogens is 595 g/mol. The first-order chi connectivity index (χ1) is 22.1. The summed E-state index contributed by atoms with van der Waals surface area (Å²) in [5.41, 5.74) is 1.40. The number of aryl methyl sites for hydroxylation is 1. The summed E-state index contributed by atoms with van der Waals surface area (Å²) in [6.07, 6.45) is 2.68. The molecule has 0 saturated carbocycles. The number of ether oxygens (including phenoxy) is 2. The van der Waals surface area contributed by atoms with Crippen molar-refractivity contribution in [3.8, 4) is 23.3 Å². The van der Waals surface area contributed by atoms with Crippen LogP contribution in [0.1, 0.15) is 64.6 Å². The summed E-state index contributed by atoms with van der Waals surface area (Å²) >= 11 is 0. The van der Waals surface area contributed by atoms with Gasteiger partial charge in [0.1, 0.15) is 17.8 Å². The highest BCUT2D eigenvalue weighted by molar-refractivity contribution is 5.95. The number of nitrogens with zero attached hydrogens (tertiary/aromatic N) is 3. The molecule has 4 amide bonds. The van der Waals surface area contributed by atoms with Crippen molar-refractivity contribution in [3.05, 3.63) is 76.9 Å². The van der Waals surface area contributed by atoms with E-state index in [2.05, 4.69) is 16.0 Å². The van der Waals surface area contributed by atoms with Crippen LogP contribution in [0.15, 0.2) is 48.7 Å². The molecule has 2 aliphatic heterocycles. The van der Waals surface area contributed by atoms with Crippen LogP contribution in [0.2, 0.25) is 0 Å². The first-order valence-corrected chi connectivity index (χ1v) is 15.0. The van der Waals surface area contributed by atoms with Crippen molar-refractivity contribution in [2.45, 2.75) is 45.2 Å². The Morgan fingerprint density at radius 2 is 1.87 bits per heavy atom. The molecule has 2 aromatic carbocycles. The third-order valence-electron chi connectivity index (χ3n) is 7.53. The van der Waals surface area contributed by atoms with Gasteiger partial charge in [0.15, 0.2) is 23.1 Å². The molecule has 3 N–H and O–H groups in total. The summed E-state index contributed by atoms with van der Waals surface area (Å²) < 4.78 is 27.7. The minimum atomic E-state index is -0.796. The maximum atomic E-state index is 15.0. The highest BCUT2D eigenvalue weighted by Gasteiger charge is 2.22. The molecule has 0 spiro atoms. The SMILES string of the molecule is CC[C@@H]1NC(=O)CCCN(C(=O)c2cc(C#N)cn2C)CCCNC(=O)c2ccc(OC)c(c2)Oc2ccc(cc2F)CNC1=O. The van der Waals surface area contributed by atoms with E-state index < -0.39 is 23.7 Å². The molecule has 0 unspecified atom stereocenters. The lowest BCUT2D eigenvalue weighted by atomic mass is 10.1. The number of amides is 4. The molecule has 4 bridgehead atoms. The summed E-state index contributed by atoms with van der Waals surface area (Å²) in [5.74, 6) is -1.85. The second-order valence-corrected chi connectivity index (χ2v) is 10.8. The minimum Gasteiger partial charge on any atom is -0.493 e. The van der Waals surface area contributed by atoms with E-state index in [1.165, 1.54) is 31.4 Å². The van der Waals surface area contributed by atoms with Gasteiger partial charge in [0.2, 0.25) is 11.8 Å². The topological polar surface area (TPSA) is 155 Å². The summed E-state index contributed by atoms with van der Waals surface area (Å²) in [4.78, 5) is 53.7. The van der Waals surface area contributed by atoms with Gasteiger partial charge in [-0.05, 0) is 61.2 Å². The third kappa shape index (κ3) is 8.41. The number of benzene rings is 2. The van der Waals surface area contributed by atoms with Gasteiger partial charge in [-0.25, -0.2) is 4.39 Å². The summed E-state index contributed by atoms with van der Waals surface area (Å²) in [7, 11) is 3.10. The molecule has 13 heteroatoms. The summed E-state index contributed by atoms with van der Waals surface area (Å²) in [6.45, 7) is 2.51. The molecule has 1 aromatic heterocycles. The monoisotopic (exact) mass is 632 g/mol. The Labute approximate surface area is 266 Å². The normalized spacial score (nSPS) is 16.8. The zero-order valence-corrected chi connectivity index (χ0v) is 26.0. The molecule has 5 rings (SSSR count). The van der Waals surface area contributed by atoms with Crippen LogP contribution in [0.4, 0.5) is 4.39 Å². The standard InChI is InChI=1S/C33H37FN6O6/c1-4-25-32(43)37-19-21-8-10-27(24(34)15-21)46-29-17-23(9-11-28(29)45-3)31(42)36-12-6-14-40(13-5-7-30(41)38-25)33(44)26-16-22(18-35)20-39(26)2/h8-11,15-17,20,25H,4-7,12-14,19H2,1-3H3,(H,36,42)(H,37,43)(H,38,41)/t25-/m0/s1. The number of aromatic nitrogens is 1. The average molecular weight is 633 g/mol. The van der Waals surface area contributed by atoms with E-state index in [1.54, 1.807) is 47.8 Å². The number of hydrogen-bond acceptors (Lipinski definition) is 7. The number of methoxy groups -OCH3 is 1. The minimum absolute atomic E-state index is 0.0190. The molecule has 0 radical (unpaired) electrons. The van der Waals surface area contributed by atoms with E-state index in [0.29, 0.717) is 41.8 Å². The van der Waals surface area contributed by atoms with E-state index in [4.69, 9.17) is 9.47 Å². The number of nitrogens with one attached hydrogen (secondary N) is 3. The van der Waals surface area contributed by atoms with E-state index in [1.807, 2.05) is 6.07 Å². The van der Waals surface area contributed by atoms with Crippen LogP contribution in [-0.2, 0) is 23.2 Å². The van der Waals surface area contributed by atoms with Crippen molar-refractivity contribution in [2.24, 2.45) is 7.05 Å². The highest BCUT2D eigenvalue weighted by atomic mass is 19.1. The van der Waals surface area contributed by atoms with Crippen LogP contribution in [0.25, 0.3) is 0 Å². The van der Waals surface area contributed by atoms with E-state index in [-0.39, 0.29) is 61.5 Å².